The van der Waals surface area contributed by atoms with Crippen molar-refractivity contribution in [3.63, 3.8) is 0 Å². The number of rotatable bonds is 4. The summed E-state index contributed by atoms with van der Waals surface area (Å²) < 4.78 is 19.8. The van der Waals surface area contributed by atoms with Gasteiger partial charge in [-0.3, -0.25) is 4.90 Å². The number of hydrogen-bond acceptors (Lipinski definition) is 6. The van der Waals surface area contributed by atoms with E-state index in [1.54, 1.807) is 6.26 Å². The van der Waals surface area contributed by atoms with Crippen LogP contribution in [0.2, 0.25) is 0 Å². The summed E-state index contributed by atoms with van der Waals surface area (Å²) in [6, 6.07) is 3.95. The average Bonchev–Trinajstić information content (AvgIpc) is 3.24. The lowest BCUT2D eigenvalue weighted by atomic mass is 10.00. The van der Waals surface area contributed by atoms with Gasteiger partial charge in [0, 0.05) is 13.1 Å². The van der Waals surface area contributed by atoms with Crippen molar-refractivity contribution in [2.24, 2.45) is 0 Å². The molecular weight excluding hydrogens is 320 g/mol. The maximum atomic E-state index is 6.50. The van der Waals surface area contributed by atoms with Gasteiger partial charge in [0.2, 0.25) is 0 Å². The molecule has 2 aliphatic heterocycles. The Hall–Kier alpha value is -1.70. The lowest BCUT2D eigenvalue weighted by Crippen LogP contribution is -2.44. The van der Waals surface area contributed by atoms with E-state index in [1.807, 2.05) is 30.7 Å². The maximum Gasteiger partial charge on any atom is 0.147 e. The second-order valence-corrected chi connectivity index (χ2v) is 7.19. The second kappa shape index (κ2) is 6.90. The van der Waals surface area contributed by atoms with Gasteiger partial charge in [-0.05, 0) is 38.8 Å². The van der Waals surface area contributed by atoms with Gasteiger partial charge >= 0.3 is 0 Å². The molecule has 0 aromatic carbocycles. The molecule has 2 aromatic heterocycles. The minimum Gasteiger partial charge on any atom is -0.468 e. The molecule has 7 nitrogen and oxygen atoms in total. The highest BCUT2D eigenvalue weighted by molar-refractivity contribution is 5.00. The maximum absolute atomic E-state index is 6.50. The molecule has 0 saturated carbocycles. The molecule has 4 rings (SSSR count). The van der Waals surface area contributed by atoms with Crippen LogP contribution in [0.1, 0.15) is 30.3 Å². The van der Waals surface area contributed by atoms with Crippen LogP contribution in [0.15, 0.2) is 22.8 Å². The zero-order chi connectivity index (χ0) is 17.3. The molecule has 2 aliphatic rings. The van der Waals surface area contributed by atoms with Crippen LogP contribution in [-0.4, -0.2) is 57.7 Å². The lowest BCUT2D eigenvalue weighted by Gasteiger charge is -2.31. The quantitative estimate of drug-likeness (QED) is 0.843. The Morgan fingerprint density at radius 1 is 1.36 bits per heavy atom. The smallest absolute Gasteiger partial charge is 0.147 e. The summed E-state index contributed by atoms with van der Waals surface area (Å²) >= 11 is 0. The van der Waals surface area contributed by atoms with Gasteiger partial charge in [0.1, 0.15) is 23.0 Å². The summed E-state index contributed by atoms with van der Waals surface area (Å²) in [7, 11) is 0. The van der Waals surface area contributed by atoms with Crippen molar-refractivity contribution in [3.05, 3.63) is 35.8 Å². The van der Waals surface area contributed by atoms with Crippen molar-refractivity contribution in [3.8, 4) is 0 Å². The summed E-state index contributed by atoms with van der Waals surface area (Å²) in [6.07, 6.45) is 3.92. The average molecular weight is 346 g/mol. The number of ether oxygens (including phenoxy) is 2. The van der Waals surface area contributed by atoms with E-state index in [0.29, 0.717) is 6.61 Å². The molecule has 0 amide bonds. The van der Waals surface area contributed by atoms with E-state index in [4.69, 9.17) is 13.9 Å². The van der Waals surface area contributed by atoms with Crippen LogP contribution in [0.25, 0.3) is 0 Å². The van der Waals surface area contributed by atoms with Gasteiger partial charge in [-0.25, -0.2) is 9.67 Å². The van der Waals surface area contributed by atoms with E-state index < -0.39 is 0 Å². The molecule has 4 heterocycles. The molecule has 136 valence electrons. The predicted molar refractivity (Wildman–Crippen MR) is 91.1 cm³/mol. The minimum atomic E-state index is -0.225. The fourth-order valence-electron chi connectivity index (χ4n) is 3.92. The Balaban J connectivity index is 1.41. The molecule has 25 heavy (non-hydrogen) atoms. The molecule has 1 spiro atoms. The van der Waals surface area contributed by atoms with Gasteiger partial charge in [0.25, 0.3) is 0 Å². The molecule has 2 fully saturated rings. The van der Waals surface area contributed by atoms with Gasteiger partial charge in [0.05, 0.1) is 38.7 Å². The Bertz CT molecular complexity index is 699. The number of furan rings is 1. The Morgan fingerprint density at radius 3 is 3.04 bits per heavy atom. The molecule has 2 saturated heterocycles. The van der Waals surface area contributed by atoms with Gasteiger partial charge in [-0.15, -0.1) is 0 Å². The van der Waals surface area contributed by atoms with Crippen LogP contribution in [-0.2, 0) is 22.6 Å². The van der Waals surface area contributed by atoms with Gasteiger partial charge in [0.15, 0.2) is 0 Å². The van der Waals surface area contributed by atoms with E-state index in [0.717, 1.165) is 63.0 Å². The van der Waals surface area contributed by atoms with Crippen LogP contribution in [0.3, 0.4) is 0 Å². The van der Waals surface area contributed by atoms with Crippen molar-refractivity contribution < 1.29 is 13.9 Å². The summed E-state index contributed by atoms with van der Waals surface area (Å²) in [5.41, 5.74) is -0.225. The Morgan fingerprint density at radius 2 is 2.28 bits per heavy atom. The van der Waals surface area contributed by atoms with E-state index in [-0.39, 0.29) is 11.7 Å². The first-order valence-electron chi connectivity index (χ1n) is 9.00. The summed E-state index contributed by atoms with van der Waals surface area (Å²) in [6.45, 7) is 8.64. The summed E-state index contributed by atoms with van der Waals surface area (Å²) in [4.78, 5) is 6.75. The first-order valence-corrected chi connectivity index (χ1v) is 9.00. The molecule has 0 aliphatic carbocycles. The van der Waals surface area contributed by atoms with Crippen molar-refractivity contribution in [2.75, 3.05) is 26.3 Å². The van der Waals surface area contributed by atoms with Crippen LogP contribution >= 0.6 is 0 Å². The predicted octanol–water partition coefficient (Wildman–Crippen LogP) is 1.94. The standard InChI is InChI=1S/C18H26N4O3/c1-14-19-15(2)22(20-14)11-17-5-6-18(25-17)12-21(7-9-23-13-18)10-16-4-3-8-24-16/h3-4,8,17H,5-7,9-13H2,1-2H3/t17-,18-/m1/s1. The van der Waals surface area contributed by atoms with Gasteiger partial charge < -0.3 is 13.9 Å². The Kier molecular flexibility index (Phi) is 4.62. The first-order chi connectivity index (χ1) is 12.1. The van der Waals surface area contributed by atoms with Crippen molar-refractivity contribution in [2.45, 2.75) is 51.5 Å². The van der Waals surface area contributed by atoms with Crippen molar-refractivity contribution in [1.82, 2.24) is 19.7 Å². The number of aromatic nitrogens is 3. The fourth-order valence-corrected chi connectivity index (χ4v) is 3.92. The highest BCUT2D eigenvalue weighted by Gasteiger charge is 2.43. The SMILES string of the molecule is Cc1nc(C)n(C[C@H]2CC[C@@]3(COCCN(Cc4ccco4)C3)O2)n1. The number of hydrogen-bond donors (Lipinski definition) is 0. The third kappa shape index (κ3) is 3.78. The molecule has 0 bridgehead atoms. The molecule has 0 N–H and O–H groups in total. The van der Waals surface area contributed by atoms with Crippen LogP contribution in [0, 0.1) is 13.8 Å². The Labute approximate surface area is 147 Å². The van der Waals surface area contributed by atoms with Gasteiger partial charge in [-0.2, -0.15) is 5.10 Å². The van der Waals surface area contributed by atoms with E-state index >= 15 is 0 Å². The topological polar surface area (TPSA) is 65.5 Å². The monoisotopic (exact) mass is 346 g/mol. The molecule has 2 aromatic rings. The fraction of sp³-hybridized carbons (Fsp3) is 0.667. The van der Waals surface area contributed by atoms with Gasteiger partial charge in [-0.1, -0.05) is 0 Å². The number of nitrogens with zero attached hydrogens (tertiary/aromatic N) is 4. The lowest BCUT2D eigenvalue weighted by molar-refractivity contribution is -0.0908. The van der Waals surface area contributed by atoms with Crippen LogP contribution in [0.4, 0.5) is 0 Å². The van der Waals surface area contributed by atoms with Crippen LogP contribution < -0.4 is 0 Å². The van der Waals surface area contributed by atoms with Crippen LogP contribution in [0.5, 0.6) is 0 Å². The molecule has 0 unspecified atom stereocenters. The molecule has 7 heteroatoms. The van der Waals surface area contributed by atoms with E-state index in [2.05, 4.69) is 15.0 Å². The molecular formula is C18H26N4O3. The number of aryl methyl sites for hydroxylation is 2. The zero-order valence-corrected chi connectivity index (χ0v) is 15.0. The van der Waals surface area contributed by atoms with E-state index in [9.17, 15) is 0 Å². The normalized spacial score (nSPS) is 27.8. The second-order valence-electron chi connectivity index (χ2n) is 7.19. The highest BCUT2D eigenvalue weighted by Crippen LogP contribution is 2.34. The third-order valence-corrected chi connectivity index (χ3v) is 5.07. The van der Waals surface area contributed by atoms with E-state index in [1.165, 1.54) is 0 Å². The first kappa shape index (κ1) is 16.8. The highest BCUT2D eigenvalue weighted by atomic mass is 16.6. The molecule has 0 radical (unpaired) electrons. The van der Waals surface area contributed by atoms with Crippen molar-refractivity contribution >= 4 is 0 Å². The summed E-state index contributed by atoms with van der Waals surface area (Å²) in [5, 5.41) is 4.46. The largest absolute Gasteiger partial charge is 0.468 e. The minimum absolute atomic E-state index is 0.159. The third-order valence-electron chi connectivity index (χ3n) is 5.07. The summed E-state index contributed by atoms with van der Waals surface area (Å²) in [5.74, 6) is 2.74. The molecule has 2 atom stereocenters. The van der Waals surface area contributed by atoms with Crippen molar-refractivity contribution in [1.29, 1.82) is 0 Å². The zero-order valence-electron chi connectivity index (χ0n) is 15.0.